The van der Waals surface area contributed by atoms with Crippen molar-refractivity contribution in [3.63, 3.8) is 0 Å². The largest absolute Gasteiger partial charge is 0.493 e. The van der Waals surface area contributed by atoms with Crippen LogP contribution >= 0.6 is 12.0 Å². The lowest BCUT2D eigenvalue weighted by Gasteiger charge is -2.13. The summed E-state index contributed by atoms with van der Waals surface area (Å²) in [6.07, 6.45) is 0. The van der Waals surface area contributed by atoms with E-state index in [2.05, 4.69) is 24.9 Å². The maximum absolute atomic E-state index is 12.4. The summed E-state index contributed by atoms with van der Waals surface area (Å²) in [6, 6.07) is 2.14. The van der Waals surface area contributed by atoms with Crippen molar-refractivity contribution in [2.45, 2.75) is 30.2 Å². The Kier molecular flexibility index (Phi) is 7.94. The van der Waals surface area contributed by atoms with Crippen LogP contribution in [0.3, 0.4) is 0 Å². The van der Waals surface area contributed by atoms with Gasteiger partial charge in [0.25, 0.3) is 21.6 Å². The predicted octanol–water partition coefficient (Wildman–Crippen LogP) is 2.11. The normalized spacial score (nSPS) is 11.8. The third kappa shape index (κ3) is 5.06. The molecule has 0 saturated heterocycles. The second kappa shape index (κ2) is 10.1. The summed E-state index contributed by atoms with van der Waals surface area (Å²) in [5, 5.41) is 32.5. The number of hydrogen-bond donors (Lipinski definition) is 5. The molecule has 14 nitrogen and oxygen atoms in total. The van der Waals surface area contributed by atoms with Crippen molar-refractivity contribution in [1.29, 1.82) is 0 Å². The molecule has 0 aliphatic carbocycles. The predicted molar refractivity (Wildman–Crippen MR) is 112 cm³/mol. The Bertz CT molecular complexity index is 1240. The minimum atomic E-state index is -4.82. The summed E-state index contributed by atoms with van der Waals surface area (Å²) in [4.78, 5) is 23.5. The Hall–Kier alpha value is -3.02. The van der Waals surface area contributed by atoms with Gasteiger partial charge in [0.2, 0.25) is 5.88 Å². The van der Waals surface area contributed by atoms with Crippen LogP contribution < -0.4 is 16.6 Å². The minimum Gasteiger partial charge on any atom is -0.493 e. The number of aromatic nitrogens is 1. The highest BCUT2D eigenvalue weighted by atomic mass is 32.2. The monoisotopic (exact) mass is 489 g/mol. The Labute approximate surface area is 185 Å². The molecule has 0 unspecified atom stereocenters. The Morgan fingerprint density at radius 3 is 2.50 bits per heavy atom. The molecular weight excluding hydrogens is 470 g/mol. The summed E-state index contributed by atoms with van der Waals surface area (Å²) in [5.74, 6) is -1.67. The number of nitrogens with zero attached hydrogens (tertiary/aromatic N) is 3. The van der Waals surface area contributed by atoms with Gasteiger partial charge in [0.1, 0.15) is 21.8 Å². The van der Waals surface area contributed by atoms with E-state index in [0.717, 1.165) is 10.6 Å². The number of pyridine rings is 1. The molecule has 0 atom stereocenters. The maximum atomic E-state index is 12.4. The van der Waals surface area contributed by atoms with Crippen molar-refractivity contribution in [3.8, 4) is 5.88 Å². The number of nitrogens with one attached hydrogen (secondary N) is 1. The molecule has 0 saturated carbocycles. The van der Waals surface area contributed by atoms with Crippen LogP contribution in [0.4, 0.5) is 17.1 Å². The molecule has 0 aliphatic rings. The highest BCUT2D eigenvalue weighted by molar-refractivity contribution is 7.94. The number of carbonyl (C=O) groups is 1. The molecule has 1 amide bonds. The number of aromatic hydroxyl groups is 1. The highest BCUT2D eigenvalue weighted by Crippen LogP contribution is 2.38. The fourth-order valence-corrected chi connectivity index (χ4v) is 3.99. The molecule has 2 rings (SSSR count). The number of azo groups is 1. The van der Waals surface area contributed by atoms with Gasteiger partial charge < -0.3 is 16.2 Å². The standard InChI is InChI=1S/C16H19N5O9S2/c1-4-21-15(23)12(14(17)22)7(2)13(16(21)24)20-19-9-5-8(18-3)10(31-30-29-25)6-11(9)32(26,27)28/h5-6,18,24-25H,4H2,1-3H3,(H2,17,22)(H,26,27,28). The average molecular weight is 489 g/mol. The van der Waals surface area contributed by atoms with E-state index in [0.29, 0.717) is 12.0 Å². The van der Waals surface area contributed by atoms with E-state index in [9.17, 15) is 27.7 Å². The van der Waals surface area contributed by atoms with Crippen LogP contribution in [0, 0.1) is 6.92 Å². The quantitative estimate of drug-likeness (QED) is 0.113. The van der Waals surface area contributed by atoms with Crippen LogP contribution in [-0.2, 0) is 26.0 Å². The summed E-state index contributed by atoms with van der Waals surface area (Å²) in [5.41, 5.74) is 3.54. The van der Waals surface area contributed by atoms with Crippen molar-refractivity contribution in [2.24, 2.45) is 16.0 Å². The molecule has 0 fully saturated rings. The number of nitrogens with two attached hydrogens (primary N) is 1. The van der Waals surface area contributed by atoms with E-state index < -0.39 is 37.9 Å². The lowest BCUT2D eigenvalue weighted by Crippen LogP contribution is -2.30. The van der Waals surface area contributed by atoms with Crippen molar-refractivity contribution in [2.75, 3.05) is 12.4 Å². The molecule has 1 aromatic carbocycles. The van der Waals surface area contributed by atoms with Gasteiger partial charge in [0.05, 0.1) is 22.6 Å². The van der Waals surface area contributed by atoms with Gasteiger partial charge in [-0.25, -0.2) is 5.26 Å². The highest BCUT2D eigenvalue weighted by Gasteiger charge is 2.23. The van der Waals surface area contributed by atoms with Crippen molar-refractivity contribution >= 4 is 45.1 Å². The first-order valence-corrected chi connectivity index (χ1v) is 10.8. The van der Waals surface area contributed by atoms with Gasteiger partial charge in [-0.05, 0) is 26.0 Å². The van der Waals surface area contributed by atoms with E-state index in [4.69, 9.17) is 11.0 Å². The molecule has 2 aromatic rings. The van der Waals surface area contributed by atoms with E-state index in [1.807, 2.05) is 0 Å². The first-order chi connectivity index (χ1) is 15.0. The number of benzene rings is 1. The number of rotatable bonds is 9. The fraction of sp³-hybridized carbons (Fsp3) is 0.250. The van der Waals surface area contributed by atoms with E-state index in [-0.39, 0.29) is 34.1 Å². The average Bonchev–Trinajstić information content (AvgIpc) is 2.71. The molecule has 1 aromatic heterocycles. The first kappa shape index (κ1) is 25.2. The van der Waals surface area contributed by atoms with Crippen molar-refractivity contribution in [1.82, 2.24) is 4.57 Å². The zero-order chi connectivity index (χ0) is 24.2. The van der Waals surface area contributed by atoms with Crippen LogP contribution in [0.2, 0.25) is 0 Å². The summed E-state index contributed by atoms with van der Waals surface area (Å²) in [6.45, 7) is 2.82. The lowest BCUT2D eigenvalue weighted by molar-refractivity contribution is -0.432. The summed E-state index contributed by atoms with van der Waals surface area (Å²) in [7, 11) is -3.33. The lowest BCUT2D eigenvalue weighted by atomic mass is 10.1. The molecule has 16 heteroatoms. The molecule has 0 bridgehead atoms. The molecular formula is C16H19N5O9S2. The van der Waals surface area contributed by atoms with Crippen LogP contribution in [0.5, 0.6) is 5.88 Å². The Morgan fingerprint density at radius 1 is 1.34 bits per heavy atom. The minimum absolute atomic E-state index is 0.0211. The van der Waals surface area contributed by atoms with Gasteiger partial charge in [0, 0.05) is 19.2 Å². The zero-order valence-corrected chi connectivity index (χ0v) is 18.5. The molecule has 6 N–H and O–H groups in total. The van der Waals surface area contributed by atoms with Crippen LogP contribution in [0.1, 0.15) is 22.8 Å². The Morgan fingerprint density at radius 2 is 2.00 bits per heavy atom. The van der Waals surface area contributed by atoms with E-state index in [1.54, 1.807) is 0 Å². The second-order valence-corrected chi connectivity index (χ2v) is 8.19. The van der Waals surface area contributed by atoms with E-state index in [1.165, 1.54) is 27.0 Å². The summed E-state index contributed by atoms with van der Waals surface area (Å²) < 4.78 is 38.4. The molecule has 0 spiro atoms. The maximum Gasteiger partial charge on any atom is 0.296 e. The summed E-state index contributed by atoms with van der Waals surface area (Å²) >= 11 is 0.430. The SMILES string of the molecule is CCn1c(O)c(N=Nc2cc(NC)c(SOOO)cc2S(=O)(=O)O)c(C)c(C(N)=O)c1=O. The van der Waals surface area contributed by atoms with Gasteiger partial charge in [-0.1, -0.05) is 5.04 Å². The smallest absolute Gasteiger partial charge is 0.296 e. The van der Waals surface area contributed by atoms with Crippen molar-refractivity contribution in [3.05, 3.63) is 33.6 Å². The van der Waals surface area contributed by atoms with Crippen LogP contribution in [0.25, 0.3) is 0 Å². The zero-order valence-electron chi connectivity index (χ0n) is 16.9. The number of carbonyl (C=O) groups excluding carboxylic acids is 1. The number of hydrogen-bond acceptors (Lipinski definition) is 12. The Balaban J connectivity index is 2.77. The molecule has 174 valence electrons. The van der Waals surface area contributed by atoms with Gasteiger partial charge in [-0.15, -0.1) is 14.6 Å². The van der Waals surface area contributed by atoms with Crippen LogP contribution in [-0.4, -0.2) is 40.9 Å². The fourth-order valence-electron chi connectivity index (χ4n) is 2.76. The van der Waals surface area contributed by atoms with Gasteiger partial charge in [-0.3, -0.25) is 18.7 Å². The number of anilines is 1. The molecule has 32 heavy (non-hydrogen) atoms. The number of primary amides is 1. The van der Waals surface area contributed by atoms with Gasteiger partial charge in [0.15, 0.2) is 0 Å². The topological polar surface area (TPSA) is 215 Å². The third-order valence-corrected chi connectivity index (χ3v) is 5.77. The molecule has 0 aliphatic heterocycles. The van der Waals surface area contributed by atoms with Crippen LogP contribution in [0.15, 0.2) is 36.9 Å². The van der Waals surface area contributed by atoms with Gasteiger partial charge >= 0.3 is 0 Å². The second-order valence-electron chi connectivity index (χ2n) is 6.05. The van der Waals surface area contributed by atoms with E-state index >= 15 is 0 Å². The molecule has 1 heterocycles. The third-order valence-electron chi connectivity index (χ3n) is 4.24. The van der Waals surface area contributed by atoms with Crippen molar-refractivity contribution < 1.29 is 37.5 Å². The number of amides is 1. The van der Waals surface area contributed by atoms with Gasteiger partial charge in [-0.2, -0.15) is 8.42 Å². The molecule has 0 radical (unpaired) electrons. The first-order valence-electron chi connectivity index (χ1n) is 8.63.